The first-order chi connectivity index (χ1) is 10.2. The summed E-state index contributed by atoms with van der Waals surface area (Å²) in [7, 11) is 0. The molecule has 0 spiro atoms. The molecular formula is C16H16N4S. The number of thiophene rings is 1. The Kier molecular flexibility index (Phi) is 3.66. The van der Waals surface area contributed by atoms with Gasteiger partial charge in [-0.3, -0.25) is 4.99 Å². The largest absolute Gasteiger partial charge is 0.382 e. The smallest absolute Gasteiger partial charge is 0.144 e. The zero-order chi connectivity index (χ0) is 14.8. The number of nitrogen functional groups attached to an aromatic ring is 1. The summed E-state index contributed by atoms with van der Waals surface area (Å²) in [6.07, 6.45) is 5.41. The predicted molar refractivity (Wildman–Crippen MR) is 92.0 cm³/mol. The minimum Gasteiger partial charge on any atom is -0.382 e. The molecule has 2 heterocycles. The van der Waals surface area contributed by atoms with Crippen molar-refractivity contribution in [2.45, 2.75) is 13.8 Å². The number of rotatable bonds is 3. The second-order valence-electron chi connectivity index (χ2n) is 4.75. The summed E-state index contributed by atoms with van der Waals surface area (Å²) >= 11 is 1.64. The molecule has 0 radical (unpaired) electrons. The van der Waals surface area contributed by atoms with Crippen LogP contribution in [0.4, 0.5) is 5.82 Å². The normalized spacial score (nSPS) is 12.8. The monoisotopic (exact) mass is 296 g/mol. The van der Waals surface area contributed by atoms with Gasteiger partial charge in [0.05, 0.1) is 10.2 Å². The Hall–Kier alpha value is -2.27. The standard InChI is InChI=1S/C16H16N4S/c1-3-18-7-6-10(2)11-4-5-12-13(8-11)21-15-14(12)19-9-20-16(15)17/h4-9H,3H2,1-2H3,(H2,17,19,20). The third-order valence-corrected chi connectivity index (χ3v) is 4.51. The van der Waals surface area contributed by atoms with Crippen LogP contribution >= 0.6 is 11.3 Å². The molecule has 0 bridgehead atoms. The van der Waals surface area contributed by atoms with Crippen molar-refractivity contribution in [1.82, 2.24) is 9.97 Å². The van der Waals surface area contributed by atoms with Crippen molar-refractivity contribution in [3.05, 3.63) is 36.2 Å². The van der Waals surface area contributed by atoms with E-state index in [4.69, 9.17) is 5.73 Å². The molecule has 4 nitrogen and oxygen atoms in total. The molecule has 0 atom stereocenters. The lowest BCUT2D eigenvalue weighted by atomic mass is 10.1. The van der Waals surface area contributed by atoms with E-state index in [1.807, 2.05) is 19.2 Å². The highest BCUT2D eigenvalue weighted by atomic mass is 32.1. The van der Waals surface area contributed by atoms with Gasteiger partial charge in [-0.05, 0) is 37.1 Å². The van der Waals surface area contributed by atoms with E-state index >= 15 is 0 Å². The van der Waals surface area contributed by atoms with Crippen LogP contribution in [0.1, 0.15) is 19.4 Å². The predicted octanol–water partition coefficient (Wildman–Crippen LogP) is 3.92. The summed E-state index contributed by atoms with van der Waals surface area (Å²) in [6, 6.07) is 6.38. The number of anilines is 1. The van der Waals surface area contributed by atoms with Gasteiger partial charge in [-0.25, -0.2) is 9.97 Å². The summed E-state index contributed by atoms with van der Waals surface area (Å²) in [4.78, 5) is 12.6. The summed E-state index contributed by atoms with van der Waals surface area (Å²) in [5, 5.41) is 1.13. The first kappa shape index (κ1) is 13.7. The van der Waals surface area contributed by atoms with Crippen molar-refractivity contribution in [3.8, 4) is 0 Å². The maximum absolute atomic E-state index is 5.93. The van der Waals surface area contributed by atoms with Gasteiger partial charge in [-0.1, -0.05) is 12.1 Å². The van der Waals surface area contributed by atoms with E-state index in [-0.39, 0.29) is 0 Å². The van der Waals surface area contributed by atoms with Crippen LogP contribution in [0, 0.1) is 0 Å². The number of aliphatic imine (C=N–C) groups is 1. The molecule has 0 saturated carbocycles. The maximum atomic E-state index is 5.93. The van der Waals surface area contributed by atoms with E-state index in [0.29, 0.717) is 5.82 Å². The fourth-order valence-electron chi connectivity index (χ4n) is 2.20. The maximum Gasteiger partial charge on any atom is 0.144 e. The van der Waals surface area contributed by atoms with Gasteiger partial charge in [0.2, 0.25) is 0 Å². The van der Waals surface area contributed by atoms with Crippen LogP contribution in [0.5, 0.6) is 0 Å². The molecule has 1 aromatic carbocycles. The highest BCUT2D eigenvalue weighted by Gasteiger charge is 2.10. The average Bonchev–Trinajstić information content (AvgIpc) is 2.87. The number of hydrogen-bond acceptors (Lipinski definition) is 5. The van der Waals surface area contributed by atoms with E-state index in [0.717, 1.165) is 22.1 Å². The highest BCUT2D eigenvalue weighted by molar-refractivity contribution is 7.26. The van der Waals surface area contributed by atoms with Gasteiger partial charge in [0.15, 0.2) is 0 Å². The number of hydrogen-bond donors (Lipinski definition) is 1. The zero-order valence-corrected chi connectivity index (χ0v) is 12.8. The van der Waals surface area contributed by atoms with Crippen molar-refractivity contribution in [1.29, 1.82) is 0 Å². The Morgan fingerprint density at radius 2 is 2.24 bits per heavy atom. The number of nitrogens with zero attached hydrogens (tertiary/aromatic N) is 3. The molecule has 3 aromatic rings. The van der Waals surface area contributed by atoms with E-state index < -0.39 is 0 Å². The number of benzene rings is 1. The third kappa shape index (κ3) is 2.52. The Morgan fingerprint density at radius 3 is 3.05 bits per heavy atom. The Morgan fingerprint density at radius 1 is 1.38 bits per heavy atom. The summed E-state index contributed by atoms with van der Waals surface area (Å²) < 4.78 is 2.13. The van der Waals surface area contributed by atoms with E-state index in [2.05, 4.69) is 40.1 Å². The van der Waals surface area contributed by atoms with Gasteiger partial charge < -0.3 is 5.73 Å². The Bertz CT molecular complexity index is 861. The van der Waals surface area contributed by atoms with Crippen LogP contribution in [0.2, 0.25) is 0 Å². The fourth-order valence-corrected chi connectivity index (χ4v) is 3.30. The first-order valence-electron chi connectivity index (χ1n) is 6.80. The van der Waals surface area contributed by atoms with Crippen LogP contribution in [-0.2, 0) is 0 Å². The Balaban J connectivity index is 2.12. The molecule has 0 unspecified atom stereocenters. The van der Waals surface area contributed by atoms with E-state index in [1.54, 1.807) is 11.3 Å². The topological polar surface area (TPSA) is 64.2 Å². The van der Waals surface area contributed by atoms with Crippen LogP contribution in [0.25, 0.3) is 25.9 Å². The molecule has 106 valence electrons. The molecule has 2 aromatic heterocycles. The molecular weight excluding hydrogens is 280 g/mol. The molecule has 0 aliphatic rings. The number of allylic oxidation sites excluding steroid dienone is 2. The molecule has 0 fully saturated rings. The Labute approximate surface area is 127 Å². The minimum absolute atomic E-state index is 0.546. The van der Waals surface area contributed by atoms with E-state index in [9.17, 15) is 0 Å². The van der Waals surface area contributed by atoms with Gasteiger partial charge in [-0.15, -0.1) is 11.3 Å². The van der Waals surface area contributed by atoms with Crippen molar-refractivity contribution in [3.63, 3.8) is 0 Å². The lowest BCUT2D eigenvalue weighted by Gasteiger charge is -2.00. The van der Waals surface area contributed by atoms with Crippen LogP contribution < -0.4 is 5.73 Å². The summed E-state index contributed by atoms with van der Waals surface area (Å²) in [6.45, 7) is 4.91. The molecule has 21 heavy (non-hydrogen) atoms. The molecule has 5 heteroatoms. The van der Waals surface area contributed by atoms with Crippen molar-refractivity contribution >= 4 is 49.2 Å². The zero-order valence-electron chi connectivity index (χ0n) is 12.0. The number of nitrogens with two attached hydrogens (primary N) is 1. The molecule has 0 amide bonds. The van der Waals surface area contributed by atoms with Crippen molar-refractivity contribution in [2.24, 2.45) is 4.99 Å². The number of aromatic nitrogens is 2. The lowest BCUT2D eigenvalue weighted by molar-refractivity contribution is 1.14. The van der Waals surface area contributed by atoms with Crippen LogP contribution in [0.3, 0.4) is 0 Å². The third-order valence-electron chi connectivity index (χ3n) is 3.35. The SMILES string of the molecule is CCN=CC=C(C)c1ccc2c(c1)sc1c(N)ncnc12. The van der Waals surface area contributed by atoms with Gasteiger partial charge in [0, 0.05) is 22.8 Å². The molecule has 0 aliphatic carbocycles. The minimum atomic E-state index is 0.546. The average molecular weight is 296 g/mol. The number of fused-ring (bicyclic) bond motifs is 3. The fraction of sp³-hybridized carbons (Fsp3) is 0.188. The molecule has 0 saturated heterocycles. The first-order valence-corrected chi connectivity index (χ1v) is 7.62. The summed E-state index contributed by atoms with van der Waals surface area (Å²) in [5.74, 6) is 0.546. The molecule has 0 aliphatic heterocycles. The van der Waals surface area contributed by atoms with Crippen molar-refractivity contribution in [2.75, 3.05) is 12.3 Å². The van der Waals surface area contributed by atoms with Gasteiger partial charge in [0.1, 0.15) is 12.1 Å². The molecule has 3 rings (SSSR count). The molecule has 2 N–H and O–H groups in total. The highest BCUT2D eigenvalue weighted by Crippen LogP contribution is 2.36. The summed E-state index contributed by atoms with van der Waals surface area (Å²) in [5.41, 5.74) is 9.23. The van der Waals surface area contributed by atoms with E-state index in [1.165, 1.54) is 22.2 Å². The van der Waals surface area contributed by atoms with Crippen LogP contribution in [0.15, 0.2) is 35.6 Å². The van der Waals surface area contributed by atoms with Crippen LogP contribution in [-0.4, -0.2) is 22.7 Å². The lowest BCUT2D eigenvalue weighted by Crippen LogP contribution is -1.89. The second-order valence-corrected chi connectivity index (χ2v) is 5.80. The quantitative estimate of drug-likeness (QED) is 0.745. The van der Waals surface area contributed by atoms with Gasteiger partial charge in [0.25, 0.3) is 0 Å². The van der Waals surface area contributed by atoms with Crippen molar-refractivity contribution < 1.29 is 0 Å². The van der Waals surface area contributed by atoms with Gasteiger partial charge >= 0.3 is 0 Å². The second kappa shape index (κ2) is 5.61. The van der Waals surface area contributed by atoms with Gasteiger partial charge in [-0.2, -0.15) is 0 Å².